The lowest BCUT2D eigenvalue weighted by atomic mass is 9.85. The van der Waals surface area contributed by atoms with Crippen LogP contribution in [0.15, 0.2) is 59.7 Å². The molecule has 2 aromatic rings. The number of rotatable bonds is 7. The fraction of sp³-hybridized carbons (Fsp3) is 0.370. The van der Waals surface area contributed by atoms with Gasteiger partial charge < -0.3 is 9.47 Å². The Morgan fingerprint density at radius 3 is 2.38 bits per heavy atom. The summed E-state index contributed by atoms with van der Waals surface area (Å²) in [5.41, 5.74) is 1.78. The number of fused-ring (bicyclic) bond motifs is 3. The van der Waals surface area contributed by atoms with Gasteiger partial charge in [-0.2, -0.15) is 10.1 Å². The average molecular weight is 477 g/mol. The highest BCUT2D eigenvalue weighted by Gasteiger charge is 2.73. The summed E-state index contributed by atoms with van der Waals surface area (Å²) < 4.78 is 11.7. The number of carbonyl (C=O) groups excluding carboxylic acids is 2. The second kappa shape index (κ2) is 7.98. The Bertz CT molecular complexity index is 1200. The van der Waals surface area contributed by atoms with Gasteiger partial charge in [0.2, 0.25) is 0 Å². The molecule has 6 nitrogen and oxygen atoms in total. The van der Waals surface area contributed by atoms with Crippen molar-refractivity contribution >= 4 is 29.6 Å². The van der Waals surface area contributed by atoms with E-state index in [4.69, 9.17) is 21.1 Å². The van der Waals surface area contributed by atoms with Crippen LogP contribution in [-0.4, -0.2) is 29.6 Å². The van der Waals surface area contributed by atoms with Crippen molar-refractivity contribution in [1.82, 2.24) is 5.01 Å². The minimum atomic E-state index is -0.248. The number of ether oxygens (including phenoxy) is 2. The fourth-order valence-electron chi connectivity index (χ4n) is 6.06. The number of nitrogens with zero attached hydrogens (tertiary/aromatic N) is 2. The normalized spacial score (nSPS) is 27.8. The van der Waals surface area contributed by atoms with Crippen molar-refractivity contribution in [3.05, 3.63) is 70.8 Å². The Morgan fingerprint density at radius 2 is 1.74 bits per heavy atom. The molecule has 174 valence electrons. The van der Waals surface area contributed by atoms with E-state index >= 15 is 0 Å². The Kier molecular flexibility index (Phi) is 5.03. The molecule has 4 aliphatic rings. The van der Waals surface area contributed by atoms with Gasteiger partial charge in [-0.25, -0.2) is 0 Å². The maximum Gasteiger partial charge on any atom is 0.254 e. The van der Waals surface area contributed by atoms with Gasteiger partial charge in [-0.3, -0.25) is 9.59 Å². The van der Waals surface area contributed by atoms with Crippen LogP contribution in [0.1, 0.15) is 30.9 Å². The summed E-state index contributed by atoms with van der Waals surface area (Å²) in [6.45, 7) is 2.67. The van der Waals surface area contributed by atoms with Gasteiger partial charge in [-0.1, -0.05) is 42.0 Å². The van der Waals surface area contributed by atoms with E-state index in [0.717, 1.165) is 23.4 Å². The van der Waals surface area contributed by atoms with Crippen LogP contribution in [0.4, 0.5) is 0 Å². The topological polar surface area (TPSA) is 68.2 Å². The van der Waals surface area contributed by atoms with Gasteiger partial charge in [0, 0.05) is 10.6 Å². The van der Waals surface area contributed by atoms with Crippen LogP contribution in [-0.2, 0) is 16.2 Å². The molecule has 2 aromatic carbocycles. The van der Waals surface area contributed by atoms with Crippen LogP contribution in [0.2, 0.25) is 5.02 Å². The predicted molar refractivity (Wildman–Crippen MR) is 128 cm³/mol. The first kappa shape index (κ1) is 21.4. The summed E-state index contributed by atoms with van der Waals surface area (Å²) in [5.74, 6) is 0.699. The van der Waals surface area contributed by atoms with Crippen molar-refractivity contribution in [1.29, 1.82) is 0 Å². The molecule has 3 aliphatic carbocycles. The maximum absolute atomic E-state index is 13.1. The Labute approximate surface area is 203 Å². The first-order valence-electron chi connectivity index (χ1n) is 11.8. The molecule has 0 N–H and O–H groups in total. The molecule has 1 spiro atoms. The molecule has 4 atom stereocenters. The molecule has 0 aromatic heterocycles. The molecule has 7 heteroatoms. The zero-order chi connectivity index (χ0) is 23.4. The van der Waals surface area contributed by atoms with Crippen LogP contribution < -0.4 is 9.47 Å². The van der Waals surface area contributed by atoms with Gasteiger partial charge in [0.25, 0.3) is 11.8 Å². The number of allylic oxidation sites excluding steroid dienone is 2. The molecule has 0 unspecified atom stereocenters. The summed E-state index contributed by atoms with van der Waals surface area (Å²) in [7, 11) is 0. The quantitative estimate of drug-likeness (QED) is 0.325. The molecular formula is C27H25ClN2O4. The minimum absolute atomic E-state index is 0.168. The Balaban J connectivity index is 1.19. The Hall–Kier alpha value is -3.12. The zero-order valence-corrected chi connectivity index (χ0v) is 19.6. The maximum atomic E-state index is 13.1. The third-order valence-corrected chi connectivity index (χ3v) is 8.13. The van der Waals surface area contributed by atoms with Gasteiger partial charge in [0.05, 0.1) is 24.7 Å². The smallest absolute Gasteiger partial charge is 0.254 e. The van der Waals surface area contributed by atoms with Crippen LogP contribution >= 0.6 is 11.6 Å². The van der Waals surface area contributed by atoms with E-state index < -0.39 is 0 Å². The second-order valence-corrected chi connectivity index (χ2v) is 9.88. The van der Waals surface area contributed by atoms with Gasteiger partial charge in [-0.15, -0.1) is 0 Å². The summed E-state index contributed by atoms with van der Waals surface area (Å²) in [5, 5.41) is 6.03. The Morgan fingerprint density at radius 1 is 1.03 bits per heavy atom. The van der Waals surface area contributed by atoms with E-state index in [-0.39, 0.29) is 40.9 Å². The fourth-order valence-corrected chi connectivity index (χ4v) is 6.25. The molecule has 2 saturated carbocycles. The lowest BCUT2D eigenvalue weighted by molar-refractivity contribution is -0.141. The zero-order valence-electron chi connectivity index (χ0n) is 18.8. The van der Waals surface area contributed by atoms with Gasteiger partial charge in [0.15, 0.2) is 11.5 Å². The number of amides is 2. The van der Waals surface area contributed by atoms with Crippen molar-refractivity contribution in [2.75, 3.05) is 6.61 Å². The highest BCUT2D eigenvalue weighted by atomic mass is 35.5. The molecular weight excluding hydrogens is 452 g/mol. The van der Waals surface area contributed by atoms with Gasteiger partial charge in [0.1, 0.15) is 6.61 Å². The van der Waals surface area contributed by atoms with Gasteiger partial charge in [-0.05, 0) is 66.8 Å². The van der Waals surface area contributed by atoms with Crippen LogP contribution in [0.5, 0.6) is 11.5 Å². The summed E-state index contributed by atoms with van der Waals surface area (Å²) in [6.07, 6.45) is 8.11. The van der Waals surface area contributed by atoms with Crippen molar-refractivity contribution < 1.29 is 19.1 Å². The summed E-state index contributed by atoms with van der Waals surface area (Å²) in [4.78, 5) is 26.2. The third kappa shape index (κ3) is 3.19. The molecule has 34 heavy (non-hydrogen) atoms. The van der Waals surface area contributed by atoms with Crippen molar-refractivity contribution in [2.24, 2.45) is 34.2 Å². The lowest BCUT2D eigenvalue weighted by Crippen LogP contribution is -2.30. The van der Waals surface area contributed by atoms with Crippen LogP contribution in [0, 0.1) is 29.1 Å². The lowest BCUT2D eigenvalue weighted by Gasteiger charge is -2.18. The van der Waals surface area contributed by atoms with E-state index in [0.29, 0.717) is 35.3 Å². The molecule has 2 bridgehead atoms. The molecule has 3 fully saturated rings. The molecule has 6 rings (SSSR count). The van der Waals surface area contributed by atoms with E-state index in [1.54, 1.807) is 18.3 Å². The van der Waals surface area contributed by atoms with E-state index in [1.165, 1.54) is 0 Å². The molecule has 1 aliphatic heterocycles. The predicted octanol–water partition coefficient (Wildman–Crippen LogP) is 4.85. The standard InChI is InChI=1S/C27H25ClN2O4/c1-2-33-22-13-16(7-10-21(22)34-15-17-5-3-4-6-20(17)28)14-29-30-25(31)23-18-8-9-19(24(23)26(30)32)27(18)11-12-27/h3-10,13-14,18-19,23-24H,2,11-12,15H2,1H3/b29-14-/t18-,19-,23+,24+/m1/s1. The first-order chi connectivity index (χ1) is 16.5. The van der Waals surface area contributed by atoms with Crippen LogP contribution in [0.3, 0.4) is 0 Å². The van der Waals surface area contributed by atoms with Crippen molar-refractivity contribution in [3.63, 3.8) is 0 Å². The number of hydrazone groups is 1. The largest absolute Gasteiger partial charge is 0.490 e. The third-order valence-electron chi connectivity index (χ3n) is 7.76. The number of hydrogen-bond donors (Lipinski definition) is 0. The van der Waals surface area contributed by atoms with E-state index in [2.05, 4.69) is 17.3 Å². The number of halogens is 1. The van der Waals surface area contributed by atoms with Crippen molar-refractivity contribution in [2.45, 2.75) is 26.4 Å². The molecule has 1 heterocycles. The monoisotopic (exact) mass is 476 g/mol. The minimum Gasteiger partial charge on any atom is -0.490 e. The highest BCUT2D eigenvalue weighted by Crippen LogP contribution is 2.73. The summed E-state index contributed by atoms with van der Waals surface area (Å²) >= 11 is 6.23. The van der Waals surface area contributed by atoms with Crippen molar-refractivity contribution in [3.8, 4) is 11.5 Å². The number of imide groups is 1. The first-order valence-corrected chi connectivity index (χ1v) is 12.1. The number of benzene rings is 2. The SMILES string of the molecule is CCOc1cc(/C=N\N2C(=O)[C@@H]3[C@@H](C2=O)[C@H]2C=C[C@H]3C23CC3)ccc1OCc1ccccc1Cl. The highest BCUT2D eigenvalue weighted by molar-refractivity contribution is 6.31. The van der Waals surface area contributed by atoms with E-state index in [9.17, 15) is 9.59 Å². The van der Waals surface area contributed by atoms with Gasteiger partial charge >= 0.3 is 0 Å². The average Bonchev–Trinajstić information content (AvgIpc) is 3.44. The molecule has 1 saturated heterocycles. The number of hydrogen-bond acceptors (Lipinski definition) is 5. The molecule has 2 amide bonds. The van der Waals surface area contributed by atoms with Crippen LogP contribution in [0.25, 0.3) is 0 Å². The van der Waals surface area contributed by atoms with E-state index in [1.807, 2.05) is 37.3 Å². The molecule has 0 radical (unpaired) electrons. The summed E-state index contributed by atoms with van der Waals surface area (Å²) in [6, 6.07) is 12.9. The number of carbonyl (C=O) groups is 2. The second-order valence-electron chi connectivity index (χ2n) is 9.47.